The number of carbonyl (C=O) groups excluding carboxylic acids is 2. The largest absolute Gasteiger partial charge is 0.468 e. The molecule has 1 heterocycles. The minimum atomic E-state index is -0.428. The lowest BCUT2D eigenvalue weighted by molar-refractivity contribution is -0.146. The van der Waals surface area contributed by atoms with E-state index in [4.69, 9.17) is 4.52 Å². The molecule has 1 aromatic rings. The number of amides is 1. The number of nitrogens with zero attached hydrogens (tertiary/aromatic N) is 2. The zero-order valence-corrected chi connectivity index (χ0v) is 11.1. The number of methoxy groups -OCH3 is 1. The summed E-state index contributed by atoms with van der Waals surface area (Å²) in [6.45, 7) is 3.63. The van der Waals surface area contributed by atoms with Crippen molar-refractivity contribution in [1.29, 1.82) is 0 Å². The highest BCUT2D eigenvalue weighted by Gasteiger charge is 2.15. The standard InChI is InChI=1S/C12H18N2O4/c1-8-10(9(2)18-13-8)5-6-11(15)14(3)7-12(16)17-4/h5-7H2,1-4H3. The lowest BCUT2D eigenvalue weighted by Gasteiger charge is -2.15. The van der Waals surface area contributed by atoms with Crippen LogP contribution in [0.3, 0.4) is 0 Å². The van der Waals surface area contributed by atoms with Crippen molar-refractivity contribution in [1.82, 2.24) is 10.1 Å². The van der Waals surface area contributed by atoms with Crippen LogP contribution in [0.25, 0.3) is 0 Å². The van der Waals surface area contributed by atoms with Crippen molar-refractivity contribution >= 4 is 11.9 Å². The van der Waals surface area contributed by atoms with E-state index in [1.165, 1.54) is 12.0 Å². The van der Waals surface area contributed by atoms with Gasteiger partial charge in [0.1, 0.15) is 12.3 Å². The van der Waals surface area contributed by atoms with E-state index in [1.807, 2.05) is 13.8 Å². The van der Waals surface area contributed by atoms with E-state index in [2.05, 4.69) is 9.89 Å². The molecule has 1 amide bonds. The Kier molecular flexibility index (Phi) is 4.88. The summed E-state index contributed by atoms with van der Waals surface area (Å²) in [5, 5.41) is 3.83. The van der Waals surface area contributed by atoms with Crippen LogP contribution in [0.1, 0.15) is 23.4 Å². The zero-order chi connectivity index (χ0) is 13.7. The molecule has 0 aromatic carbocycles. The highest BCUT2D eigenvalue weighted by Crippen LogP contribution is 2.14. The summed E-state index contributed by atoms with van der Waals surface area (Å²) in [4.78, 5) is 24.2. The molecule has 6 heteroatoms. The van der Waals surface area contributed by atoms with E-state index in [0.717, 1.165) is 17.0 Å². The lowest BCUT2D eigenvalue weighted by Crippen LogP contribution is -2.32. The van der Waals surface area contributed by atoms with Crippen molar-refractivity contribution in [2.45, 2.75) is 26.7 Å². The molecular formula is C12H18N2O4. The van der Waals surface area contributed by atoms with Gasteiger partial charge in [0.15, 0.2) is 0 Å². The van der Waals surface area contributed by atoms with Gasteiger partial charge in [-0.05, 0) is 20.3 Å². The van der Waals surface area contributed by atoms with E-state index in [-0.39, 0.29) is 12.5 Å². The maximum absolute atomic E-state index is 11.8. The Morgan fingerprint density at radius 1 is 1.39 bits per heavy atom. The van der Waals surface area contributed by atoms with Crippen molar-refractivity contribution in [2.24, 2.45) is 0 Å². The van der Waals surface area contributed by atoms with Crippen LogP contribution in [0.5, 0.6) is 0 Å². The number of aromatic nitrogens is 1. The topological polar surface area (TPSA) is 72.6 Å². The predicted molar refractivity (Wildman–Crippen MR) is 64.0 cm³/mol. The van der Waals surface area contributed by atoms with Gasteiger partial charge in [-0.3, -0.25) is 9.59 Å². The van der Waals surface area contributed by atoms with Gasteiger partial charge in [0.2, 0.25) is 5.91 Å². The first-order valence-electron chi connectivity index (χ1n) is 5.68. The predicted octanol–water partition coefficient (Wildman–Crippen LogP) is 0.855. The van der Waals surface area contributed by atoms with Crippen molar-refractivity contribution in [2.75, 3.05) is 20.7 Å². The van der Waals surface area contributed by atoms with Crippen molar-refractivity contribution < 1.29 is 18.8 Å². The molecule has 100 valence electrons. The molecule has 0 N–H and O–H groups in total. The quantitative estimate of drug-likeness (QED) is 0.728. The molecule has 0 bridgehead atoms. The normalized spacial score (nSPS) is 10.2. The average molecular weight is 254 g/mol. The van der Waals surface area contributed by atoms with E-state index in [1.54, 1.807) is 7.05 Å². The van der Waals surface area contributed by atoms with Crippen LogP contribution in [0.15, 0.2) is 4.52 Å². The average Bonchev–Trinajstić information content (AvgIpc) is 2.65. The molecule has 0 saturated carbocycles. The number of carbonyl (C=O) groups is 2. The Bertz CT molecular complexity index is 420. The van der Waals surface area contributed by atoms with Gasteiger partial charge in [0, 0.05) is 19.0 Å². The van der Waals surface area contributed by atoms with Crippen LogP contribution in [0.2, 0.25) is 0 Å². The van der Waals surface area contributed by atoms with Gasteiger partial charge in [-0.15, -0.1) is 0 Å². The minimum Gasteiger partial charge on any atom is -0.468 e. The smallest absolute Gasteiger partial charge is 0.325 e. The van der Waals surface area contributed by atoms with Crippen LogP contribution in [-0.4, -0.2) is 42.6 Å². The van der Waals surface area contributed by atoms with Crippen LogP contribution in [-0.2, 0) is 20.7 Å². The fourth-order valence-electron chi connectivity index (χ4n) is 1.63. The Morgan fingerprint density at radius 3 is 2.56 bits per heavy atom. The zero-order valence-electron chi connectivity index (χ0n) is 11.1. The summed E-state index contributed by atoms with van der Waals surface area (Å²) < 4.78 is 9.52. The minimum absolute atomic E-state index is 0.0308. The van der Waals surface area contributed by atoms with Gasteiger partial charge >= 0.3 is 5.97 Å². The summed E-state index contributed by atoms with van der Waals surface area (Å²) in [5.74, 6) is 0.194. The third-order valence-corrected chi connectivity index (χ3v) is 2.79. The number of esters is 1. The van der Waals surface area contributed by atoms with Gasteiger partial charge in [-0.1, -0.05) is 5.16 Å². The number of likely N-dealkylation sites (N-methyl/N-ethyl adjacent to an activating group) is 1. The number of rotatable bonds is 5. The first kappa shape index (κ1) is 14.2. The molecule has 0 aliphatic carbocycles. The second-order valence-electron chi connectivity index (χ2n) is 4.13. The third-order valence-electron chi connectivity index (χ3n) is 2.79. The molecule has 0 aliphatic rings. The third kappa shape index (κ3) is 3.58. The first-order valence-corrected chi connectivity index (χ1v) is 5.68. The van der Waals surface area contributed by atoms with Gasteiger partial charge < -0.3 is 14.2 Å². The highest BCUT2D eigenvalue weighted by atomic mass is 16.5. The van der Waals surface area contributed by atoms with Gasteiger partial charge in [0.25, 0.3) is 0 Å². The fourth-order valence-corrected chi connectivity index (χ4v) is 1.63. The Morgan fingerprint density at radius 2 is 2.06 bits per heavy atom. The van der Waals surface area contributed by atoms with Crippen molar-refractivity contribution in [3.63, 3.8) is 0 Å². The highest BCUT2D eigenvalue weighted by molar-refractivity contribution is 5.81. The fraction of sp³-hybridized carbons (Fsp3) is 0.583. The van der Waals surface area contributed by atoms with Crippen molar-refractivity contribution in [3.8, 4) is 0 Å². The van der Waals surface area contributed by atoms with E-state index in [0.29, 0.717) is 12.8 Å². The molecule has 0 atom stereocenters. The summed E-state index contributed by atoms with van der Waals surface area (Å²) in [6.07, 6.45) is 0.877. The van der Waals surface area contributed by atoms with Gasteiger partial charge in [-0.25, -0.2) is 0 Å². The number of hydrogen-bond donors (Lipinski definition) is 0. The van der Waals surface area contributed by atoms with Crippen LogP contribution in [0, 0.1) is 13.8 Å². The monoisotopic (exact) mass is 254 g/mol. The molecule has 0 fully saturated rings. The van der Waals surface area contributed by atoms with Crippen molar-refractivity contribution in [3.05, 3.63) is 17.0 Å². The molecule has 0 radical (unpaired) electrons. The summed E-state index contributed by atoms with van der Waals surface area (Å²) in [5.41, 5.74) is 1.76. The molecule has 1 rings (SSSR count). The number of hydrogen-bond acceptors (Lipinski definition) is 5. The Balaban J connectivity index is 2.48. The SMILES string of the molecule is COC(=O)CN(C)C(=O)CCc1c(C)noc1C. The van der Waals surface area contributed by atoms with Crippen LogP contribution >= 0.6 is 0 Å². The van der Waals surface area contributed by atoms with Gasteiger partial charge in [0.05, 0.1) is 12.8 Å². The molecule has 6 nitrogen and oxygen atoms in total. The lowest BCUT2D eigenvalue weighted by atomic mass is 10.1. The Labute approximate surface area is 106 Å². The molecule has 1 aromatic heterocycles. The second kappa shape index (κ2) is 6.18. The molecule has 0 spiro atoms. The maximum atomic E-state index is 11.8. The number of ether oxygens (including phenoxy) is 1. The van der Waals surface area contributed by atoms with Crippen LogP contribution < -0.4 is 0 Å². The molecule has 0 aliphatic heterocycles. The first-order chi connectivity index (χ1) is 8.45. The molecule has 18 heavy (non-hydrogen) atoms. The molecular weight excluding hydrogens is 236 g/mol. The Hall–Kier alpha value is -1.85. The van der Waals surface area contributed by atoms with E-state index < -0.39 is 5.97 Å². The number of aryl methyl sites for hydroxylation is 2. The van der Waals surface area contributed by atoms with Gasteiger partial charge in [-0.2, -0.15) is 0 Å². The summed E-state index contributed by atoms with van der Waals surface area (Å²) >= 11 is 0. The molecule has 0 saturated heterocycles. The summed E-state index contributed by atoms with van der Waals surface area (Å²) in [6, 6.07) is 0. The maximum Gasteiger partial charge on any atom is 0.325 e. The van der Waals surface area contributed by atoms with Crippen LogP contribution in [0.4, 0.5) is 0 Å². The van der Waals surface area contributed by atoms with E-state index in [9.17, 15) is 9.59 Å². The summed E-state index contributed by atoms with van der Waals surface area (Å²) in [7, 11) is 2.87. The van der Waals surface area contributed by atoms with E-state index >= 15 is 0 Å². The molecule has 0 unspecified atom stereocenters. The second-order valence-corrected chi connectivity index (χ2v) is 4.13.